The fourth-order valence-electron chi connectivity index (χ4n) is 2.36. The van der Waals surface area contributed by atoms with Crippen LogP contribution < -0.4 is 5.73 Å². The van der Waals surface area contributed by atoms with Crippen LogP contribution in [0.3, 0.4) is 0 Å². The Morgan fingerprint density at radius 3 is 2.67 bits per heavy atom. The van der Waals surface area contributed by atoms with E-state index in [0.717, 1.165) is 0 Å². The largest absolute Gasteiger partial charge is 0.390 e. The molecule has 0 spiro atoms. The molecule has 0 radical (unpaired) electrons. The topological polar surface area (TPSA) is 110 Å². The summed E-state index contributed by atoms with van der Waals surface area (Å²) in [7, 11) is 0. The molecule has 2 heterocycles. The molecule has 0 saturated heterocycles. The Morgan fingerprint density at radius 2 is 2.00 bits per heavy atom. The summed E-state index contributed by atoms with van der Waals surface area (Å²) in [4.78, 5) is 12.1. The summed E-state index contributed by atoms with van der Waals surface area (Å²) in [5, 5.41) is 19.4. The molecule has 0 bridgehead atoms. The lowest BCUT2D eigenvalue weighted by atomic mass is 10.2. The molecule has 1 aliphatic carbocycles. The molecule has 1 fully saturated rings. The van der Waals surface area contributed by atoms with Crippen molar-refractivity contribution >= 4 is 29.4 Å². The summed E-state index contributed by atoms with van der Waals surface area (Å²) in [6.45, 7) is 0. The number of nitrogen functional groups attached to an aromatic ring is 1. The normalized spacial score (nSPS) is 27.3. The van der Waals surface area contributed by atoms with Crippen molar-refractivity contribution in [1.82, 2.24) is 19.5 Å². The molecule has 2 aromatic heterocycles. The van der Waals surface area contributed by atoms with E-state index in [1.54, 1.807) is 10.9 Å². The second-order valence-electron chi connectivity index (χ2n) is 4.29. The van der Waals surface area contributed by atoms with E-state index in [0.29, 0.717) is 29.8 Å². The Morgan fingerprint density at radius 1 is 1.22 bits per heavy atom. The van der Waals surface area contributed by atoms with Crippen LogP contribution in [0.4, 0.5) is 5.82 Å². The van der Waals surface area contributed by atoms with E-state index in [9.17, 15) is 10.2 Å². The minimum atomic E-state index is -0.788. The minimum Gasteiger partial charge on any atom is -0.390 e. The van der Waals surface area contributed by atoms with Gasteiger partial charge in [-0.2, -0.15) is 0 Å². The summed E-state index contributed by atoms with van der Waals surface area (Å²) in [5.74, 6) is 0.321. The van der Waals surface area contributed by atoms with Gasteiger partial charge in [0.25, 0.3) is 0 Å². The van der Waals surface area contributed by atoms with Crippen molar-refractivity contribution in [1.29, 1.82) is 0 Å². The predicted octanol–water partition coefficient (Wildman–Crippen LogP) is -0.113. The van der Waals surface area contributed by atoms with E-state index in [2.05, 4.69) is 15.0 Å². The molecule has 4 N–H and O–H groups in total. The lowest BCUT2D eigenvalue weighted by Gasteiger charge is -2.17. The van der Waals surface area contributed by atoms with Gasteiger partial charge in [0.1, 0.15) is 17.9 Å². The summed E-state index contributed by atoms with van der Waals surface area (Å²) >= 11 is 0. The van der Waals surface area contributed by atoms with Crippen molar-refractivity contribution in [3.05, 3.63) is 12.7 Å². The second-order valence-corrected chi connectivity index (χ2v) is 4.29. The number of aliphatic hydroxyl groups is 2. The maximum absolute atomic E-state index is 9.88. The minimum absolute atomic E-state index is 0. The van der Waals surface area contributed by atoms with Gasteiger partial charge in [0.15, 0.2) is 11.5 Å². The van der Waals surface area contributed by atoms with Gasteiger partial charge in [-0.1, -0.05) is 0 Å². The van der Waals surface area contributed by atoms with E-state index in [1.807, 2.05) is 0 Å². The van der Waals surface area contributed by atoms with Gasteiger partial charge in [-0.3, -0.25) is 0 Å². The monoisotopic (exact) mass is 271 g/mol. The molecular weight excluding hydrogens is 258 g/mol. The van der Waals surface area contributed by atoms with E-state index in [-0.39, 0.29) is 18.4 Å². The van der Waals surface area contributed by atoms with Gasteiger partial charge >= 0.3 is 0 Å². The zero-order valence-corrected chi connectivity index (χ0v) is 10.3. The first-order valence-corrected chi connectivity index (χ1v) is 5.47. The standard InChI is InChI=1S/C10H13N5O2.ClH/c11-9-7-10(13-3-12-9)15(4-14-7)5-1-2-6(16)8(5)17;/h3-6,8,16-17H,1-2H2,(H2,11,12,13);1H/t5-,6-,8+;/m1./s1. The van der Waals surface area contributed by atoms with Crippen LogP contribution in [0.25, 0.3) is 11.2 Å². The van der Waals surface area contributed by atoms with Gasteiger partial charge in [-0.05, 0) is 12.8 Å². The van der Waals surface area contributed by atoms with Crippen molar-refractivity contribution < 1.29 is 10.2 Å². The van der Waals surface area contributed by atoms with Crippen LogP contribution >= 0.6 is 12.4 Å². The predicted molar refractivity (Wildman–Crippen MR) is 67.3 cm³/mol. The average Bonchev–Trinajstić information content (AvgIpc) is 2.86. The molecule has 2 aromatic rings. The number of imidazole rings is 1. The lowest BCUT2D eigenvalue weighted by Crippen LogP contribution is -2.26. The Balaban J connectivity index is 0.00000120. The third-order valence-electron chi connectivity index (χ3n) is 3.29. The number of nitrogens with two attached hydrogens (primary N) is 1. The molecule has 1 aliphatic rings. The first-order chi connectivity index (χ1) is 8.18. The molecule has 3 atom stereocenters. The van der Waals surface area contributed by atoms with Crippen LogP contribution in [0.2, 0.25) is 0 Å². The third-order valence-corrected chi connectivity index (χ3v) is 3.29. The zero-order valence-electron chi connectivity index (χ0n) is 9.47. The van der Waals surface area contributed by atoms with Crippen molar-refractivity contribution in [2.24, 2.45) is 0 Å². The van der Waals surface area contributed by atoms with Gasteiger partial charge in [0, 0.05) is 0 Å². The fourth-order valence-corrected chi connectivity index (χ4v) is 2.36. The van der Waals surface area contributed by atoms with Gasteiger partial charge in [0.05, 0.1) is 18.5 Å². The fraction of sp³-hybridized carbons (Fsp3) is 0.500. The number of hydrogen-bond donors (Lipinski definition) is 3. The highest BCUT2D eigenvalue weighted by Gasteiger charge is 2.35. The zero-order chi connectivity index (χ0) is 12.0. The molecule has 1 saturated carbocycles. The van der Waals surface area contributed by atoms with E-state index >= 15 is 0 Å². The lowest BCUT2D eigenvalue weighted by molar-refractivity contribution is 0.0241. The van der Waals surface area contributed by atoms with Crippen molar-refractivity contribution in [3.63, 3.8) is 0 Å². The number of fused-ring (bicyclic) bond motifs is 1. The van der Waals surface area contributed by atoms with Crippen LogP contribution in [0, 0.1) is 0 Å². The molecule has 0 unspecified atom stereocenters. The highest BCUT2D eigenvalue weighted by atomic mass is 35.5. The number of aliphatic hydroxyl groups excluding tert-OH is 2. The summed E-state index contributed by atoms with van der Waals surface area (Å²) < 4.78 is 1.76. The summed E-state index contributed by atoms with van der Waals surface area (Å²) in [5.41, 5.74) is 6.81. The smallest absolute Gasteiger partial charge is 0.165 e. The maximum atomic E-state index is 9.88. The van der Waals surface area contributed by atoms with E-state index < -0.39 is 12.2 Å². The number of rotatable bonds is 1. The Hall–Kier alpha value is -1.44. The van der Waals surface area contributed by atoms with Gasteiger partial charge in [-0.25, -0.2) is 15.0 Å². The maximum Gasteiger partial charge on any atom is 0.165 e. The second kappa shape index (κ2) is 4.68. The molecule has 8 heteroatoms. The summed E-state index contributed by atoms with van der Waals surface area (Å²) in [6, 6.07) is -0.204. The third kappa shape index (κ3) is 1.80. The van der Waals surface area contributed by atoms with Crippen LogP contribution in [0.5, 0.6) is 0 Å². The molecule has 98 valence electrons. The quantitative estimate of drug-likeness (QED) is 0.667. The van der Waals surface area contributed by atoms with Crippen LogP contribution in [0.1, 0.15) is 18.9 Å². The molecule has 0 amide bonds. The number of anilines is 1. The molecule has 0 aliphatic heterocycles. The number of aromatic nitrogens is 4. The first kappa shape index (κ1) is 13.0. The molecule has 0 aromatic carbocycles. The Kier molecular flexibility index (Phi) is 3.38. The molecule has 7 nitrogen and oxygen atoms in total. The number of hydrogen-bond acceptors (Lipinski definition) is 6. The van der Waals surface area contributed by atoms with Crippen molar-refractivity contribution in [3.8, 4) is 0 Å². The Bertz CT molecular complexity index is 560. The van der Waals surface area contributed by atoms with Crippen LogP contribution in [-0.2, 0) is 0 Å². The summed E-state index contributed by atoms with van der Waals surface area (Å²) in [6.07, 6.45) is 2.75. The molecule has 3 rings (SSSR count). The van der Waals surface area contributed by atoms with Crippen LogP contribution in [-0.4, -0.2) is 41.9 Å². The van der Waals surface area contributed by atoms with Crippen LogP contribution in [0.15, 0.2) is 12.7 Å². The molecule has 18 heavy (non-hydrogen) atoms. The van der Waals surface area contributed by atoms with Gasteiger partial charge < -0.3 is 20.5 Å². The number of nitrogens with zero attached hydrogens (tertiary/aromatic N) is 4. The average molecular weight is 272 g/mol. The van der Waals surface area contributed by atoms with E-state index in [4.69, 9.17) is 5.73 Å². The van der Waals surface area contributed by atoms with Gasteiger partial charge in [-0.15, -0.1) is 12.4 Å². The SMILES string of the molecule is Cl.Nc1ncnc2c1ncn2[C@@H]1CC[C@@H](O)[C@H]1O. The highest BCUT2D eigenvalue weighted by Crippen LogP contribution is 2.32. The highest BCUT2D eigenvalue weighted by molar-refractivity contribution is 5.85. The molecular formula is C10H14ClN5O2. The Labute approximate surface area is 109 Å². The van der Waals surface area contributed by atoms with E-state index in [1.165, 1.54) is 6.33 Å². The van der Waals surface area contributed by atoms with Gasteiger partial charge in [0.2, 0.25) is 0 Å². The first-order valence-electron chi connectivity index (χ1n) is 5.47. The van der Waals surface area contributed by atoms with Crippen molar-refractivity contribution in [2.75, 3.05) is 5.73 Å². The van der Waals surface area contributed by atoms with Crippen molar-refractivity contribution in [2.45, 2.75) is 31.1 Å². The number of halogens is 1.